The first kappa shape index (κ1) is 13.8. The first-order valence-corrected chi connectivity index (χ1v) is 12.9. The number of thiocarbonyl (C=S) groups is 1. The zero-order valence-corrected chi connectivity index (χ0v) is 13.8. The molecule has 1 rings (SSSR count). The molecule has 0 heterocycles. The van der Waals surface area contributed by atoms with Gasteiger partial charge in [-0.2, -0.15) is 0 Å². The molecule has 1 aromatic rings. The Hall–Kier alpha value is -0.256. The molecule has 0 bridgehead atoms. The molecule has 0 amide bonds. The lowest BCUT2D eigenvalue weighted by Gasteiger charge is -2.38. The lowest BCUT2D eigenvalue weighted by atomic mass is 10.4. The van der Waals surface area contributed by atoms with Crippen molar-refractivity contribution in [2.45, 2.75) is 37.9 Å². The van der Waals surface area contributed by atoms with Crippen molar-refractivity contribution in [2.75, 3.05) is 0 Å². The molecule has 0 spiro atoms. The molecule has 0 radical (unpaired) electrons. The Morgan fingerprint density at radius 3 is 1.88 bits per heavy atom. The second kappa shape index (κ2) is 4.94. The summed E-state index contributed by atoms with van der Waals surface area (Å²) in [6, 6.07) is 10.9. The number of hydrogen-bond donors (Lipinski definition) is 0. The van der Waals surface area contributed by atoms with Gasteiger partial charge in [-0.3, -0.25) is 0 Å². The Balaban J connectivity index is 3.14. The third-order valence-electron chi connectivity index (χ3n) is 3.36. The molecule has 0 saturated carbocycles. The first-order valence-electron chi connectivity index (χ1n) is 5.81. The van der Waals surface area contributed by atoms with E-state index in [0.717, 1.165) is 0 Å². The van der Waals surface area contributed by atoms with Gasteiger partial charge in [0.2, 0.25) is 0 Å². The van der Waals surface area contributed by atoms with E-state index in [1.54, 1.807) is 0 Å². The normalized spacial score (nSPS) is 14.6. The van der Waals surface area contributed by atoms with E-state index in [2.05, 4.69) is 68.4 Å². The summed E-state index contributed by atoms with van der Waals surface area (Å²) in [5.41, 5.74) is 0. The summed E-state index contributed by atoms with van der Waals surface area (Å²) < 4.78 is 0. The van der Waals surface area contributed by atoms with E-state index in [1.165, 1.54) is 5.19 Å². The molecule has 0 fully saturated rings. The molecule has 1 aromatic carbocycles. The van der Waals surface area contributed by atoms with E-state index in [4.69, 9.17) is 12.2 Å². The molecule has 16 heavy (non-hydrogen) atoms. The molecule has 0 aliphatic carbocycles. The molecular formula is C13H22SSi2. The van der Waals surface area contributed by atoms with Crippen molar-refractivity contribution >= 4 is 38.9 Å². The van der Waals surface area contributed by atoms with Crippen LogP contribution in [0.5, 0.6) is 0 Å². The molecule has 0 aliphatic rings. The summed E-state index contributed by atoms with van der Waals surface area (Å²) in [4.78, 5) is 0. The van der Waals surface area contributed by atoms with Gasteiger partial charge in [0.05, 0.1) is 16.1 Å². The van der Waals surface area contributed by atoms with Crippen LogP contribution in [0.1, 0.15) is 0 Å². The monoisotopic (exact) mass is 266 g/mol. The zero-order chi connectivity index (χ0) is 12.4. The van der Waals surface area contributed by atoms with Crippen molar-refractivity contribution in [3.63, 3.8) is 0 Å². The van der Waals surface area contributed by atoms with E-state index in [0.29, 0.717) is 5.16 Å². The Labute approximate surface area is 107 Å². The Kier molecular flexibility index (Phi) is 4.26. The Morgan fingerprint density at radius 2 is 1.50 bits per heavy atom. The predicted octanol–water partition coefficient (Wildman–Crippen LogP) is 3.85. The lowest BCUT2D eigenvalue weighted by Crippen LogP contribution is -2.54. The summed E-state index contributed by atoms with van der Waals surface area (Å²) in [7, 11) is -2.65. The topological polar surface area (TPSA) is 0 Å². The van der Waals surface area contributed by atoms with Crippen LogP contribution in [0.3, 0.4) is 0 Å². The third kappa shape index (κ3) is 2.90. The Bertz CT molecular complexity index is 352. The van der Waals surface area contributed by atoms with Gasteiger partial charge in [-0.1, -0.05) is 80.5 Å². The molecule has 0 aliphatic heterocycles. The second-order valence-corrected chi connectivity index (χ2v) is 16.9. The number of benzene rings is 1. The van der Waals surface area contributed by atoms with Gasteiger partial charge in [-0.15, -0.1) is 0 Å². The molecule has 0 nitrogen and oxygen atoms in total. The van der Waals surface area contributed by atoms with Crippen LogP contribution in [0.2, 0.25) is 37.9 Å². The minimum atomic E-state index is -1.44. The van der Waals surface area contributed by atoms with Crippen molar-refractivity contribution in [1.82, 2.24) is 0 Å². The second-order valence-electron chi connectivity index (χ2n) is 6.07. The molecule has 0 N–H and O–H groups in total. The van der Waals surface area contributed by atoms with Crippen LogP contribution in [-0.2, 0) is 0 Å². The van der Waals surface area contributed by atoms with Gasteiger partial charge in [-0.05, 0) is 10.5 Å². The van der Waals surface area contributed by atoms with Gasteiger partial charge in [0.25, 0.3) is 0 Å². The Morgan fingerprint density at radius 1 is 1.00 bits per heavy atom. The van der Waals surface area contributed by atoms with E-state index >= 15 is 0 Å². The van der Waals surface area contributed by atoms with Gasteiger partial charge >= 0.3 is 0 Å². The van der Waals surface area contributed by atoms with Crippen LogP contribution in [0.15, 0.2) is 30.3 Å². The zero-order valence-electron chi connectivity index (χ0n) is 10.9. The molecule has 0 aromatic heterocycles. The standard InChI is InChI=1S/C13H22SSi2/c1-15(2,3)13(11-14)16(4,5)12-9-7-6-8-10-12/h6-11,13H,1-5H3. The maximum Gasteiger partial charge on any atom is 0.0856 e. The van der Waals surface area contributed by atoms with Crippen molar-refractivity contribution in [3.05, 3.63) is 30.3 Å². The van der Waals surface area contributed by atoms with E-state index < -0.39 is 16.1 Å². The number of hydrogen-bond acceptors (Lipinski definition) is 1. The first-order chi connectivity index (χ1) is 7.30. The largest absolute Gasteiger partial charge is 0.0938 e. The quantitative estimate of drug-likeness (QED) is 0.589. The van der Waals surface area contributed by atoms with Crippen molar-refractivity contribution in [3.8, 4) is 0 Å². The van der Waals surface area contributed by atoms with Crippen LogP contribution in [0, 0.1) is 0 Å². The van der Waals surface area contributed by atoms with Gasteiger partial charge < -0.3 is 0 Å². The highest BCUT2D eigenvalue weighted by Gasteiger charge is 2.40. The van der Waals surface area contributed by atoms with Crippen LogP contribution >= 0.6 is 12.2 Å². The minimum absolute atomic E-state index is 0.664. The van der Waals surface area contributed by atoms with Gasteiger partial charge in [0, 0.05) is 0 Å². The van der Waals surface area contributed by atoms with Crippen molar-refractivity contribution in [2.24, 2.45) is 0 Å². The summed E-state index contributed by atoms with van der Waals surface area (Å²) in [5.74, 6) is 0. The summed E-state index contributed by atoms with van der Waals surface area (Å²) >= 11 is 5.31. The fraction of sp³-hybridized carbons (Fsp3) is 0.462. The van der Waals surface area contributed by atoms with E-state index in [1.807, 2.05) is 0 Å². The number of rotatable bonds is 4. The summed E-state index contributed by atoms with van der Waals surface area (Å²) in [5, 5.41) is 4.26. The average molecular weight is 267 g/mol. The molecular weight excluding hydrogens is 244 g/mol. The average Bonchev–Trinajstić information content (AvgIpc) is 2.17. The van der Waals surface area contributed by atoms with E-state index in [9.17, 15) is 0 Å². The fourth-order valence-corrected chi connectivity index (χ4v) is 16.1. The molecule has 0 saturated heterocycles. The van der Waals surface area contributed by atoms with Gasteiger partial charge in [0.1, 0.15) is 0 Å². The molecule has 1 unspecified atom stereocenters. The molecule has 3 heteroatoms. The van der Waals surface area contributed by atoms with Crippen molar-refractivity contribution < 1.29 is 0 Å². The highest BCUT2D eigenvalue weighted by Crippen LogP contribution is 2.30. The van der Waals surface area contributed by atoms with E-state index in [-0.39, 0.29) is 0 Å². The third-order valence-corrected chi connectivity index (χ3v) is 14.5. The predicted molar refractivity (Wildman–Crippen MR) is 84.3 cm³/mol. The minimum Gasteiger partial charge on any atom is -0.0938 e. The van der Waals surface area contributed by atoms with Crippen LogP contribution in [0.25, 0.3) is 0 Å². The smallest absolute Gasteiger partial charge is 0.0856 e. The molecule has 88 valence electrons. The summed E-state index contributed by atoms with van der Waals surface area (Å²) in [6.07, 6.45) is 0. The summed E-state index contributed by atoms with van der Waals surface area (Å²) in [6.45, 7) is 12.2. The van der Waals surface area contributed by atoms with Crippen LogP contribution in [-0.4, -0.2) is 21.5 Å². The van der Waals surface area contributed by atoms with Gasteiger partial charge in [-0.25, -0.2) is 0 Å². The van der Waals surface area contributed by atoms with Crippen molar-refractivity contribution in [1.29, 1.82) is 0 Å². The van der Waals surface area contributed by atoms with Crippen LogP contribution in [0.4, 0.5) is 0 Å². The van der Waals surface area contributed by atoms with Crippen LogP contribution < -0.4 is 5.19 Å². The highest BCUT2D eigenvalue weighted by molar-refractivity contribution is 7.79. The SMILES string of the molecule is C[Si](C)(C)C(C=S)[Si](C)(C)c1ccccc1. The fourth-order valence-electron chi connectivity index (χ4n) is 2.50. The lowest BCUT2D eigenvalue weighted by molar-refractivity contribution is 1.43. The molecule has 1 atom stereocenters. The van der Waals surface area contributed by atoms with Gasteiger partial charge in [0.15, 0.2) is 0 Å². The maximum absolute atomic E-state index is 5.31. The highest BCUT2D eigenvalue weighted by atomic mass is 32.1. The maximum atomic E-state index is 5.31.